The molecule has 1 amide bonds. The predicted octanol–water partition coefficient (Wildman–Crippen LogP) is 4.11. The Morgan fingerprint density at radius 2 is 2.18 bits per heavy atom. The summed E-state index contributed by atoms with van der Waals surface area (Å²) in [7, 11) is 1.67. The Morgan fingerprint density at radius 1 is 1.26 bits per heavy atom. The summed E-state index contributed by atoms with van der Waals surface area (Å²) < 4.78 is 6.25. The summed E-state index contributed by atoms with van der Waals surface area (Å²) in [5.74, 6) is 0.641. The van der Waals surface area contributed by atoms with E-state index in [0.717, 1.165) is 63.8 Å². The summed E-state index contributed by atoms with van der Waals surface area (Å²) in [4.78, 5) is 25.0. The number of aryl methyl sites for hydroxylation is 1. The van der Waals surface area contributed by atoms with Gasteiger partial charge < -0.3 is 10.1 Å². The summed E-state index contributed by atoms with van der Waals surface area (Å²) in [6.45, 7) is 4.39. The third-order valence-corrected chi connectivity index (χ3v) is 8.02. The molecule has 5 heterocycles. The molecule has 0 spiro atoms. The number of nitrogens with one attached hydrogen (secondary N) is 1. The zero-order valence-corrected chi connectivity index (χ0v) is 20.8. The molecular formula is C24H26N6O2S2. The Morgan fingerprint density at radius 3 is 2.94 bits per heavy atom. The SMILES string of the molecule is COCCc1nnc(-c2ccc(C(=O)N(c3nccc4scc(C)c34)[C@@H]3CCCNC3)cn2)s1. The number of anilines is 1. The fraction of sp³-hybridized carbons (Fsp3) is 0.375. The van der Waals surface area contributed by atoms with Crippen molar-refractivity contribution in [2.45, 2.75) is 32.2 Å². The first kappa shape index (κ1) is 23.0. The molecule has 34 heavy (non-hydrogen) atoms. The van der Waals surface area contributed by atoms with Gasteiger partial charge in [-0.05, 0) is 55.5 Å². The smallest absolute Gasteiger partial charge is 0.261 e. The molecule has 1 fully saturated rings. The lowest BCUT2D eigenvalue weighted by Gasteiger charge is -2.34. The molecule has 0 saturated carbocycles. The molecule has 0 radical (unpaired) electrons. The molecule has 1 atom stereocenters. The highest BCUT2D eigenvalue weighted by atomic mass is 32.1. The highest BCUT2D eigenvalue weighted by molar-refractivity contribution is 7.17. The molecule has 1 aliphatic heterocycles. The first-order valence-electron chi connectivity index (χ1n) is 11.3. The highest BCUT2D eigenvalue weighted by Crippen LogP contribution is 2.35. The monoisotopic (exact) mass is 494 g/mol. The minimum absolute atomic E-state index is 0.0323. The maximum absolute atomic E-state index is 13.9. The second-order valence-electron chi connectivity index (χ2n) is 8.28. The predicted molar refractivity (Wildman–Crippen MR) is 136 cm³/mol. The molecule has 0 unspecified atom stereocenters. The number of hydrogen-bond donors (Lipinski definition) is 1. The Hall–Kier alpha value is -2.79. The van der Waals surface area contributed by atoms with E-state index in [1.54, 1.807) is 30.8 Å². The van der Waals surface area contributed by atoms with Crippen molar-refractivity contribution in [2.75, 3.05) is 31.7 Å². The van der Waals surface area contributed by atoms with Gasteiger partial charge in [-0.25, -0.2) is 4.98 Å². The van der Waals surface area contributed by atoms with Gasteiger partial charge in [-0.1, -0.05) is 11.3 Å². The molecule has 4 aromatic heterocycles. The van der Waals surface area contributed by atoms with E-state index in [4.69, 9.17) is 9.72 Å². The van der Waals surface area contributed by atoms with Crippen LogP contribution in [0.25, 0.3) is 20.8 Å². The molecular weight excluding hydrogens is 468 g/mol. The van der Waals surface area contributed by atoms with Crippen molar-refractivity contribution >= 4 is 44.5 Å². The first-order chi connectivity index (χ1) is 16.7. The number of hydrogen-bond acceptors (Lipinski definition) is 9. The van der Waals surface area contributed by atoms with E-state index < -0.39 is 0 Å². The van der Waals surface area contributed by atoms with Crippen molar-refractivity contribution in [1.82, 2.24) is 25.5 Å². The summed E-state index contributed by atoms with van der Waals surface area (Å²) in [6, 6.07) is 5.71. The summed E-state index contributed by atoms with van der Waals surface area (Å²) in [5, 5.41) is 16.7. The van der Waals surface area contributed by atoms with E-state index in [-0.39, 0.29) is 11.9 Å². The van der Waals surface area contributed by atoms with Crippen LogP contribution in [0.15, 0.2) is 36.0 Å². The van der Waals surface area contributed by atoms with Crippen molar-refractivity contribution < 1.29 is 9.53 Å². The molecule has 5 rings (SSSR count). The van der Waals surface area contributed by atoms with Gasteiger partial charge in [0.15, 0.2) is 5.01 Å². The zero-order valence-electron chi connectivity index (χ0n) is 19.2. The quantitative estimate of drug-likeness (QED) is 0.413. The number of aromatic nitrogens is 4. The van der Waals surface area contributed by atoms with Crippen LogP contribution in [-0.4, -0.2) is 58.9 Å². The molecule has 0 aromatic carbocycles. The summed E-state index contributed by atoms with van der Waals surface area (Å²) >= 11 is 3.17. The van der Waals surface area contributed by atoms with Crippen molar-refractivity contribution in [3.63, 3.8) is 0 Å². The van der Waals surface area contributed by atoms with Crippen molar-refractivity contribution in [2.24, 2.45) is 0 Å². The van der Waals surface area contributed by atoms with Crippen LogP contribution in [0.1, 0.15) is 33.8 Å². The van der Waals surface area contributed by atoms with Gasteiger partial charge in [-0.3, -0.25) is 14.7 Å². The van der Waals surface area contributed by atoms with Gasteiger partial charge in [0.05, 0.1) is 18.2 Å². The number of thiophene rings is 1. The molecule has 1 aliphatic rings. The maximum atomic E-state index is 13.9. The average molecular weight is 495 g/mol. The Kier molecular flexibility index (Phi) is 6.91. The van der Waals surface area contributed by atoms with Gasteiger partial charge in [-0.15, -0.1) is 21.5 Å². The van der Waals surface area contributed by atoms with Crippen molar-refractivity contribution in [3.05, 3.63) is 52.1 Å². The molecule has 4 aromatic rings. The topological polar surface area (TPSA) is 93.1 Å². The number of ether oxygens (including phenoxy) is 1. The average Bonchev–Trinajstić information content (AvgIpc) is 3.51. The van der Waals surface area contributed by atoms with Crippen molar-refractivity contribution in [1.29, 1.82) is 0 Å². The molecule has 0 bridgehead atoms. The standard InChI is InChI=1S/C24H26N6O2S2/c1-15-14-33-19-7-10-26-22(21(15)19)30(17-4-3-9-25-13-17)24(31)16-5-6-18(27-12-16)23-29-28-20(34-23)8-11-32-2/h5-7,10,12,14,17,25H,3-4,8-9,11,13H2,1-2H3/t17-/m1/s1. The van der Waals surface area contributed by atoms with Crippen LogP contribution in [0.4, 0.5) is 5.82 Å². The van der Waals surface area contributed by atoms with Crippen LogP contribution in [0.5, 0.6) is 0 Å². The van der Waals surface area contributed by atoms with E-state index in [2.05, 4.69) is 32.8 Å². The zero-order chi connectivity index (χ0) is 23.5. The molecule has 8 nitrogen and oxygen atoms in total. The molecule has 1 saturated heterocycles. The Balaban J connectivity index is 1.47. The number of rotatable bonds is 7. The lowest BCUT2D eigenvalue weighted by molar-refractivity contribution is 0.0971. The highest BCUT2D eigenvalue weighted by Gasteiger charge is 2.31. The first-order valence-corrected chi connectivity index (χ1v) is 13.0. The third kappa shape index (κ3) is 4.58. The van der Waals surface area contributed by atoms with Crippen LogP contribution in [0.3, 0.4) is 0 Å². The lowest BCUT2D eigenvalue weighted by Crippen LogP contribution is -2.49. The van der Waals surface area contributed by atoms with Gasteiger partial charge in [0.1, 0.15) is 16.5 Å². The van der Waals surface area contributed by atoms with Gasteiger partial charge in [0.2, 0.25) is 0 Å². The van der Waals surface area contributed by atoms with Gasteiger partial charge in [0.25, 0.3) is 5.91 Å². The Labute approximate surface area is 206 Å². The van der Waals surface area contributed by atoms with Crippen LogP contribution in [-0.2, 0) is 11.2 Å². The Bertz CT molecular complexity index is 1280. The third-order valence-electron chi connectivity index (χ3n) is 5.95. The molecule has 1 N–H and O–H groups in total. The number of nitrogens with zero attached hydrogens (tertiary/aromatic N) is 5. The summed E-state index contributed by atoms with van der Waals surface area (Å²) in [6.07, 6.45) is 6.10. The van der Waals surface area contributed by atoms with Gasteiger partial charge >= 0.3 is 0 Å². The van der Waals surface area contributed by atoms with E-state index >= 15 is 0 Å². The van der Waals surface area contributed by atoms with Gasteiger partial charge in [0, 0.05) is 42.6 Å². The van der Waals surface area contributed by atoms with E-state index in [1.807, 2.05) is 23.1 Å². The molecule has 10 heteroatoms. The summed E-state index contributed by atoms with van der Waals surface area (Å²) in [5.41, 5.74) is 2.38. The molecule has 0 aliphatic carbocycles. The molecule has 176 valence electrons. The fourth-order valence-electron chi connectivity index (χ4n) is 4.22. The van der Waals surface area contributed by atoms with Crippen molar-refractivity contribution in [3.8, 4) is 10.7 Å². The van der Waals surface area contributed by atoms with Crippen LogP contribution < -0.4 is 10.2 Å². The van der Waals surface area contributed by atoms with E-state index in [9.17, 15) is 4.79 Å². The number of piperidine rings is 1. The minimum Gasteiger partial charge on any atom is -0.384 e. The lowest BCUT2D eigenvalue weighted by atomic mass is 10.0. The normalized spacial score (nSPS) is 16.1. The number of carbonyl (C=O) groups is 1. The second kappa shape index (κ2) is 10.2. The van der Waals surface area contributed by atoms with Crippen LogP contribution >= 0.6 is 22.7 Å². The number of methoxy groups -OCH3 is 1. The fourth-order valence-corrected chi connectivity index (χ4v) is 5.95. The number of pyridine rings is 2. The van der Waals surface area contributed by atoms with E-state index in [1.165, 1.54) is 11.3 Å². The number of amides is 1. The number of carbonyl (C=O) groups excluding carboxylic acids is 1. The van der Waals surface area contributed by atoms with Crippen LogP contribution in [0, 0.1) is 6.92 Å². The largest absolute Gasteiger partial charge is 0.384 e. The minimum atomic E-state index is -0.0867. The van der Waals surface area contributed by atoms with Crippen LogP contribution in [0.2, 0.25) is 0 Å². The number of fused-ring (bicyclic) bond motifs is 1. The second-order valence-corrected chi connectivity index (χ2v) is 10.3. The van der Waals surface area contributed by atoms with E-state index in [0.29, 0.717) is 17.9 Å². The van der Waals surface area contributed by atoms with Gasteiger partial charge in [-0.2, -0.15) is 0 Å². The maximum Gasteiger partial charge on any atom is 0.261 e.